The van der Waals surface area contributed by atoms with Gasteiger partial charge >= 0.3 is 5.97 Å². The lowest BCUT2D eigenvalue weighted by molar-refractivity contribution is -0.139. The van der Waals surface area contributed by atoms with Gasteiger partial charge in [0.15, 0.2) is 0 Å². The van der Waals surface area contributed by atoms with Gasteiger partial charge in [0.2, 0.25) is 0 Å². The zero-order valence-corrected chi connectivity index (χ0v) is 9.06. The number of carboxylic acid groups (broad SMARTS) is 1. The highest BCUT2D eigenvalue weighted by Gasteiger charge is 2.28. The van der Waals surface area contributed by atoms with Crippen molar-refractivity contribution in [2.45, 2.75) is 45.4 Å². The summed E-state index contributed by atoms with van der Waals surface area (Å²) in [4.78, 5) is 12.8. The fraction of sp³-hybridized carbons (Fsp3) is 0.900. The van der Waals surface area contributed by atoms with Gasteiger partial charge < -0.3 is 9.84 Å². The Bertz CT molecular complexity index is 208. The number of nitrogens with zero attached hydrogens (tertiary/aromatic N) is 1. The van der Waals surface area contributed by atoms with Crippen LogP contribution in [0.5, 0.6) is 0 Å². The molecule has 4 heteroatoms. The predicted molar refractivity (Wildman–Crippen MR) is 53.3 cm³/mol. The van der Waals surface area contributed by atoms with E-state index in [0.717, 1.165) is 6.54 Å². The average Bonchev–Trinajstić information content (AvgIpc) is 2.08. The van der Waals surface area contributed by atoms with Crippen molar-refractivity contribution in [2.75, 3.05) is 13.2 Å². The summed E-state index contributed by atoms with van der Waals surface area (Å²) in [5, 5.41) is 8.71. The van der Waals surface area contributed by atoms with Gasteiger partial charge in [-0.05, 0) is 20.8 Å². The number of rotatable bonds is 3. The summed E-state index contributed by atoms with van der Waals surface area (Å²) in [5.74, 6) is -0.733. The van der Waals surface area contributed by atoms with Crippen LogP contribution in [0, 0.1) is 0 Å². The van der Waals surface area contributed by atoms with E-state index in [4.69, 9.17) is 9.84 Å². The SMILES string of the molecule is CC1CN(C(C)CC(=O)O)C(C)CO1. The lowest BCUT2D eigenvalue weighted by atomic mass is 10.1. The molecule has 1 aliphatic heterocycles. The van der Waals surface area contributed by atoms with E-state index in [1.165, 1.54) is 0 Å². The molecule has 1 heterocycles. The number of hydrogen-bond acceptors (Lipinski definition) is 3. The average molecular weight is 201 g/mol. The van der Waals surface area contributed by atoms with Gasteiger partial charge in [-0.3, -0.25) is 9.69 Å². The summed E-state index contributed by atoms with van der Waals surface area (Å²) in [5.41, 5.74) is 0. The van der Waals surface area contributed by atoms with E-state index in [1.807, 2.05) is 13.8 Å². The Morgan fingerprint density at radius 2 is 2.29 bits per heavy atom. The standard InChI is InChI=1S/C10H19NO3/c1-7(4-10(12)13)11-5-9(3)14-6-8(11)2/h7-9H,4-6H2,1-3H3,(H,12,13). The Kier molecular flexibility index (Phi) is 3.89. The molecule has 14 heavy (non-hydrogen) atoms. The lowest BCUT2D eigenvalue weighted by Gasteiger charge is -2.40. The summed E-state index contributed by atoms with van der Waals surface area (Å²) in [6.07, 6.45) is 0.416. The van der Waals surface area contributed by atoms with Crippen molar-refractivity contribution in [2.24, 2.45) is 0 Å². The number of morpholine rings is 1. The minimum Gasteiger partial charge on any atom is -0.481 e. The molecule has 0 aromatic carbocycles. The van der Waals surface area contributed by atoms with Gasteiger partial charge in [-0.1, -0.05) is 0 Å². The van der Waals surface area contributed by atoms with E-state index in [1.54, 1.807) is 0 Å². The molecule has 0 aromatic heterocycles. The molecule has 4 nitrogen and oxygen atoms in total. The van der Waals surface area contributed by atoms with Crippen molar-refractivity contribution >= 4 is 5.97 Å². The van der Waals surface area contributed by atoms with E-state index in [0.29, 0.717) is 12.6 Å². The molecule has 0 saturated carbocycles. The maximum atomic E-state index is 10.6. The Labute approximate surface area is 84.8 Å². The van der Waals surface area contributed by atoms with Gasteiger partial charge in [-0.2, -0.15) is 0 Å². The number of hydrogen-bond donors (Lipinski definition) is 1. The minimum absolute atomic E-state index is 0.0915. The molecule has 1 fully saturated rings. The quantitative estimate of drug-likeness (QED) is 0.739. The molecule has 0 amide bonds. The third-order valence-corrected chi connectivity index (χ3v) is 2.69. The molecule has 1 saturated heterocycles. The van der Waals surface area contributed by atoms with Gasteiger partial charge in [0.1, 0.15) is 0 Å². The highest BCUT2D eigenvalue weighted by molar-refractivity contribution is 5.67. The van der Waals surface area contributed by atoms with Gasteiger partial charge in [-0.25, -0.2) is 0 Å². The van der Waals surface area contributed by atoms with Crippen molar-refractivity contribution in [3.63, 3.8) is 0 Å². The molecule has 82 valence electrons. The molecule has 1 rings (SSSR count). The number of ether oxygens (including phenoxy) is 1. The van der Waals surface area contributed by atoms with E-state index >= 15 is 0 Å². The van der Waals surface area contributed by atoms with Crippen molar-refractivity contribution in [1.82, 2.24) is 4.90 Å². The third-order valence-electron chi connectivity index (χ3n) is 2.69. The van der Waals surface area contributed by atoms with Crippen LogP contribution < -0.4 is 0 Å². The molecule has 0 bridgehead atoms. The van der Waals surface area contributed by atoms with Crippen LogP contribution in [0.25, 0.3) is 0 Å². The summed E-state index contributed by atoms with van der Waals surface area (Å²) in [7, 11) is 0. The lowest BCUT2D eigenvalue weighted by Crippen LogP contribution is -2.51. The highest BCUT2D eigenvalue weighted by atomic mass is 16.5. The first-order valence-corrected chi connectivity index (χ1v) is 5.10. The summed E-state index contributed by atoms with van der Waals surface area (Å²) < 4.78 is 5.49. The normalized spacial score (nSPS) is 31.4. The monoisotopic (exact) mass is 201 g/mol. The Morgan fingerprint density at radius 1 is 1.64 bits per heavy atom. The Hall–Kier alpha value is -0.610. The fourth-order valence-electron chi connectivity index (χ4n) is 1.91. The fourth-order valence-corrected chi connectivity index (χ4v) is 1.91. The molecule has 0 spiro atoms. The van der Waals surface area contributed by atoms with Crippen molar-refractivity contribution < 1.29 is 14.6 Å². The molecule has 0 aliphatic carbocycles. The van der Waals surface area contributed by atoms with Crippen LogP contribution in [-0.2, 0) is 9.53 Å². The first-order chi connectivity index (χ1) is 6.50. The topological polar surface area (TPSA) is 49.8 Å². The van der Waals surface area contributed by atoms with Crippen LogP contribution in [0.15, 0.2) is 0 Å². The minimum atomic E-state index is -0.733. The van der Waals surface area contributed by atoms with E-state index in [2.05, 4.69) is 11.8 Å². The smallest absolute Gasteiger partial charge is 0.304 e. The summed E-state index contributed by atoms with van der Waals surface area (Å²) in [6.45, 7) is 7.58. The Balaban J connectivity index is 2.51. The highest BCUT2D eigenvalue weighted by Crippen LogP contribution is 2.16. The van der Waals surface area contributed by atoms with Gasteiger partial charge in [-0.15, -0.1) is 0 Å². The molecule has 0 radical (unpaired) electrons. The van der Waals surface area contributed by atoms with Gasteiger partial charge in [0, 0.05) is 18.6 Å². The predicted octanol–water partition coefficient (Wildman–Crippen LogP) is 0.959. The zero-order valence-electron chi connectivity index (χ0n) is 9.06. The Morgan fingerprint density at radius 3 is 2.86 bits per heavy atom. The number of carbonyl (C=O) groups is 1. The maximum Gasteiger partial charge on any atom is 0.304 e. The molecule has 3 atom stereocenters. The van der Waals surface area contributed by atoms with Crippen LogP contribution in [0.3, 0.4) is 0 Å². The van der Waals surface area contributed by atoms with Crippen LogP contribution >= 0.6 is 0 Å². The third kappa shape index (κ3) is 2.96. The van der Waals surface area contributed by atoms with Crippen molar-refractivity contribution in [3.8, 4) is 0 Å². The number of aliphatic carboxylic acids is 1. The van der Waals surface area contributed by atoms with Crippen molar-refractivity contribution in [3.05, 3.63) is 0 Å². The second kappa shape index (κ2) is 4.75. The molecule has 3 unspecified atom stereocenters. The first-order valence-electron chi connectivity index (χ1n) is 5.10. The number of carboxylic acids is 1. The summed E-state index contributed by atoms with van der Waals surface area (Å²) >= 11 is 0. The van der Waals surface area contributed by atoms with E-state index in [9.17, 15) is 4.79 Å². The van der Waals surface area contributed by atoms with Gasteiger partial charge in [0.05, 0.1) is 19.1 Å². The molecule has 1 N–H and O–H groups in total. The van der Waals surface area contributed by atoms with Crippen LogP contribution in [0.1, 0.15) is 27.2 Å². The van der Waals surface area contributed by atoms with E-state index < -0.39 is 5.97 Å². The summed E-state index contributed by atoms with van der Waals surface area (Å²) in [6, 6.07) is 0.411. The molecular weight excluding hydrogens is 182 g/mol. The maximum absolute atomic E-state index is 10.6. The molecule has 1 aliphatic rings. The van der Waals surface area contributed by atoms with E-state index in [-0.39, 0.29) is 18.6 Å². The molecular formula is C10H19NO3. The molecule has 0 aromatic rings. The van der Waals surface area contributed by atoms with Crippen LogP contribution in [-0.4, -0.2) is 47.3 Å². The zero-order chi connectivity index (χ0) is 10.7. The van der Waals surface area contributed by atoms with Crippen LogP contribution in [0.2, 0.25) is 0 Å². The van der Waals surface area contributed by atoms with Crippen LogP contribution in [0.4, 0.5) is 0 Å². The second-order valence-electron chi connectivity index (χ2n) is 4.14. The van der Waals surface area contributed by atoms with Gasteiger partial charge in [0.25, 0.3) is 0 Å². The second-order valence-corrected chi connectivity index (χ2v) is 4.14. The van der Waals surface area contributed by atoms with Crippen molar-refractivity contribution in [1.29, 1.82) is 0 Å². The largest absolute Gasteiger partial charge is 0.481 e. The first kappa shape index (κ1) is 11.5.